The number of imide groups is 1. The Hall–Kier alpha value is -7.24. The number of nitrogens with zero attached hydrogens (tertiary/aromatic N) is 5. The van der Waals surface area contributed by atoms with E-state index in [9.17, 15) is 28.8 Å². The minimum atomic E-state index is -1.17. The molecule has 0 aliphatic carbocycles. The van der Waals surface area contributed by atoms with Gasteiger partial charge in [-0.1, -0.05) is 33.8 Å². The molecule has 3 heterocycles. The summed E-state index contributed by atoms with van der Waals surface area (Å²) in [5, 5.41) is 5.76. The zero-order chi connectivity index (χ0) is 49.8. The summed E-state index contributed by atoms with van der Waals surface area (Å²) in [6.45, 7) is 23.7. The highest BCUT2D eigenvalue weighted by atomic mass is 16.6. The highest BCUT2D eigenvalue weighted by molar-refractivity contribution is 6.14. The number of esters is 1. The Balaban J connectivity index is 0.00000414. The number of methoxy groups -OCH3 is 1. The van der Waals surface area contributed by atoms with Gasteiger partial charge in [-0.15, -0.1) is 4.90 Å². The van der Waals surface area contributed by atoms with Crippen LogP contribution >= 0.6 is 0 Å². The maximum Gasteiger partial charge on any atom is 0.427 e. The second kappa shape index (κ2) is 20.1. The number of hydrogen-bond acceptors (Lipinski definition) is 13. The Morgan fingerprint density at radius 2 is 1.42 bits per heavy atom. The number of hydrogen-bond donors (Lipinski definition) is 2. The van der Waals surface area contributed by atoms with E-state index in [-0.39, 0.29) is 57.1 Å². The summed E-state index contributed by atoms with van der Waals surface area (Å²) in [6, 6.07) is 12.2. The highest BCUT2D eigenvalue weighted by Gasteiger charge is 2.39. The van der Waals surface area contributed by atoms with Crippen molar-refractivity contribution in [1.82, 2.24) is 24.4 Å². The van der Waals surface area contributed by atoms with Gasteiger partial charge in [-0.25, -0.2) is 33.7 Å². The van der Waals surface area contributed by atoms with Gasteiger partial charge in [-0.3, -0.25) is 9.59 Å². The number of carbonyl (C=O) groups is 6. The maximum atomic E-state index is 14.8. The molecule has 0 radical (unpaired) electrons. The van der Waals surface area contributed by atoms with Crippen molar-refractivity contribution in [3.63, 3.8) is 0 Å². The van der Waals surface area contributed by atoms with Crippen LogP contribution < -0.4 is 20.3 Å². The van der Waals surface area contributed by atoms with Gasteiger partial charge in [-0.2, -0.15) is 0 Å². The Bertz CT molecular complexity index is 2670. The minimum Gasteiger partial charge on any atom is -0.491 e. The van der Waals surface area contributed by atoms with Crippen LogP contribution in [-0.2, 0) is 25.5 Å². The van der Waals surface area contributed by atoms with Crippen LogP contribution in [0.2, 0.25) is 0 Å². The molecule has 0 saturated carbocycles. The number of amides is 4. The van der Waals surface area contributed by atoms with Gasteiger partial charge in [-0.05, 0) is 122 Å². The van der Waals surface area contributed by atoms with Crippen LogP contribution in [0.1, 0.15) is 121 Å². The number of ether oxygens (including phenoxy) is 5. The number of nitrogens with one attached hydrogen (secondary N) is 2. The van der Waals surface area contributed by atoms with Crippen LogP contribution in [0, 0.1) is 5.92 Å². The Morgan fingerprint density at radius 1 is 0.776 bits per heavy atom. The van der Waals surface area contributed by atoms with Crippen molar-refractivity contribution in [2.75, 3.05) is 30.5 Å². The molecule has 0 saturated heterocycles. The molecule has 5 aromatic rings. The van der Waals surface area contributed by atoms with E-state index in [4.69, 9.17) is 23.7 Å². The molecule has 67 heavy (non-hydrogen) atoms. The summed E-state index contributed by atoms with van der Waals surface area (Å²) >= 11 is 0. The first-order valence-corrected chi connectivity index (χ1v) is 22.0. The van der Waals surface area contributed by atoms with Gasteiger partial charge in [0.25, 0.3) is 11.8 Å². The number of aromatic nitrogens is 4. The topological polar surface area (TPSA) is 212 Å². The Kier molecular flexibility index (Phi) is 15.2. The lowest BCUT2D eigenvalue weighted by atomic mass is 9.91. The second-order valence-corrected chi connectivity index (χ2v) is 18.7. The minimum absolute atomic E-state index is 0.0172. The van der Waals surface area contributed by atoms with Gasteiger partial charge in [0.1, 0.15) is 35.0 Å². The maximum absolute atomic E-state index is 14.8. The van der Waals surface area contributed by atoms with E-state index in [1.54, 1.807) is 99.0 Å². The van der Waals surface area contributed by atoms with Crippen molar-refractivity contribution in [2.24, 2.45) is 5.92 Å². The molecular formula is C49H61N7O11. The normalized spacial score (nSPS) is 12.3. The van der Waals surface area contributed by atoms with Crippen LogP contribution in [-0.4, -0.2) is 92.2 Å². The molecule has 358 valence electrons. The van der Waals surface area contributed by atoms with E-state index in [1.807, 2.05) is 32.3 Å². The number of imidazole rings is 2. The number of carbonyl (C=O) groups excluding carboxylic acids is 6. The summed E-state index contributed by atoms with van der Waals surface area (Å²) in [5.74, 6) is -1.17. The van der Waals surface area contributed by atoms with Crippen molar-refractivity contribution < 1.29 is 52.5 Å². The molecule has 4 amide bonds. The fraction of sp³-hybridized carbons (Fsp3) is 0.429. The predicted octanol–water partition coefficient (Wildman–Crippen LogP) is 9.87. The fourth-order valence-corrected chi connectivity index (χ4v) is 6.70. The fourth-order valence-electron chi connectivity index (χ4n) is 6.70. The molecule has 2 aromatic heterocycles. The van der Waals surface area contributed by atoms with Crippen LogP contribution in [0.5, 0.6) is 5.75 Å². The van der Waals surface area contributed by atoms with Crippen LogP contribution in [0.4, 0.5) is 26.0 Å². The SMILES string of the molecule is CC.COC(=O)c1cc(C(=O)NCC(C)C)ccc1-c1cc2c(cc1C(=O)Nc1ccc3nc(N(C(=O)OC(C)(C)C)C(=O)OC(C)(C)C)n(C(=O)OC(C)(C)C)c3c1)-c1nccn1CCO2. The average Bonchev–Trinajstić information content (AvgIpc) is 3.81. The lowest BCUT2D eigenvalue weighted by Gasteiger charge is -2.28. The molecule has 0 bridgehead atoms. The molecule has 6 rings (SSSR count). The molecule has 1 aliphatic heterocycles. The van der Waals surface area contributed by atoms with Gasteiger partial charge in [0.15, 0.2) is 0 Å². The number of benzene rings is 3. The van der Waals surface area contributed by atoms with Gasteiger partial charge >= 0.3 is 24.2 Å². The lowest BCUT2D eigenvalue weighted by Crippen LogP contribution is -2.45. The van der Waals surface area contributed by atoms with Crippen LogP contribution in [0.25, 0.3) is 33.5 Å². The van der Waals surface area contributed by atoms with Gasteiger partial charge in [0, 0.05) is 35.8 Å². The largest absolute Gasteiger partial charge is 0.491 e. The van der Waals surface area contributed by atoms with Crippen molar-refractivity contribution in [2.45, 2.75) is 113 Å². The summed E-state index contributed by atoms with van der Waals surface area (Å²) < 4.78 is 31.1. The summed E-state index contributed by atoms with van der Waals surface area (Å²) in [5.41, 5.74) is -1.51. The van der Waals surface area contributed by atoms with E-state index in [0.29, 0.717) is 35.1 Å². The second-order valence-electron chi connectivity index (χ2n) is 18.7. The molecular weight excluding hydrogens is 863 g/mol. The number of fused-ring (bicyclic) bond motifs is 4. The standard InChI is InChI=1S/C47H55N7O11.C2H6/c1-26(2)25-49-38(55)27-13-15-29(32(21-27)40(57)61-12)30-24-36-33(37-48-17-18-52(37)19-20-62-36)23-31(30)39(56)50-28-14-16-34-35(22-28)53(42(58)63-45(3,4)5)41(51-34)54(43(59)64-46(6,7)8)44(60)65-47(9,10)11;1-2/h13-18,21-24,26H,19-20,25H2,1-12H3,(H,49,55)(H,50,56);1-2H3. The zero-order valence-electron chi connectivity index (χ0n) is 40.7. The molecule has 18 heteroatoms. The van der Waals surface area contributed by atoms with E-state index < -0.39 is 58.8 Å². The first-order valence-electron chi connectivity index (χ1n) is 22.0. The van der Waals surface area contributed by atoms with Gasteiger partial charge in [0.2, 0.25) is 5.95 Å². The van der Waals surface area contributed by atoms with Crippen molar-refractivity contribution >= 4 is 58.7 Å². The summed E-state index contributed by atoms with van der Waals surface area (Å²) in [7, 11) is 1.22. The number of rotatable bonds is 8. The monoisotopic (exact) mass is 923 g/mol. The van der Waals surface area contributed by atoms with Crippen molar-refractivity contribution in [3.05, 3.63) is 77.6 Å². The van der Waals surface area contributed by atoms with Crippen LogP contribution in [0.3, 0.4) is 0 Å². The quantitative estimate of drug-likeness (QED) is 0.110. The van der Waals surface area contributed by atoms with E-state index in [1.165, 1.54) is 31.4 Å². The zero-order valence-corrected chi connectivity index (χ0v) is 40.7. The Morgan fingerprint density at radius 3 is 2.01 bits per heavy atom. The summed E-state index contributed by atoms with van der Waals surface area (Å²) in [6.07, 6.45) is 0.0909. The lowest BCUT2D eigenvalue weighted by molar-refractivity contribution is 0.0422. The third-order valence-electron chi connectivity index (χ3n) is 9.38. The average molecular weight is 924 g/mol. The molecule has 0 atom stereocenters. The molecule has 3 aromatic carbocycles. The molecule has 2 N–H and O–H groups in total. The van der Waals surface area contributed by atoms with Crippen molar-refractivity contribution in [3.8, 4) is 28.3 Å². The molecule has 1 aliphatic rings. The van der Waals surface area contributed by atoms with Crippen LogP contribution in [0.15, 0.2) is 60.9 Å². The molecule has 0 fully saturated rings. The first-order chi connectivity index (χ1) is 31.3. The molecule has 0 unspecified atom stereocenters. The smallest absolute Gasteiger partial charge is 0.427 e. The van der Waals surface area contributed by atoms with E-state index in [0.717, 1.165) is 4.57 Å². The molecule has 0 spiro atoms. The first kappa shape index (κ1) is 50.8. The van der Waals surface area contributed by atoms with Gasteiger partial charge < -0.3 is 38.9 Å². The van der Waals surface area contributed by atoms with Gasteiger partial charge in [0.05, 0.1) is 35.8 Å². The highest BCUT2D eigenvalue weighted by Crippen LogP contribution is 2.40. The third kappa shape index (κ3) is 12.2. The number of anilines is 2. The van der Waals surface area contributed by atoms with E-state index >= 15 is 0 Å². The van der Waals surface area contributed by atoms with E-state index in [2.05, 4.69) is 20.6 Å². The predicted molar refractivity (Wildman–Crippen MR) is 253 cm³/mol. The Labute approximate surface area is 390 Å². The summed E-state index contributed by atoms with van der Waals surface area (Å²) in [4.78, 5) is 92.7. The third-order valence-corrected chi connectivity index (χ3v) is 9.38. The van der Waals surface area contributed by atoms with Crippen molar-refractivity contribution in [1.29, 1.82) is 0 Å². The molecule has 18 nitrogen and oxygen atoms in total.